The normalized spacial score (nSPS) is 13.8. The van der Waals surface area contributed by atoms with Gasteiger partial charge in [0.2, 0.25) is 5.91 Å². The van der Waals surface area contributed by atoms with E-state index >= 15 is 0 Å². The van der Waals surface area contributed by atoms with Crippen LogP contribution in [0.3, 0.4) is 0 Å². The third-order valence-corrected chi connectivity index (χ3v) is 3.52. The summed E-state index contributed by atoms with van der Waals surface area (Å²) in [7, 11) is 0. The summed E-state index contributed by atoms with van der Waals surface area (Å²) in [4.78, 5) is 12.0. The molecule has 1 aromatic carbocycles. The lowest BCUT2D eigenvalue weighted by atomic mass is 9.94. The second-order valence-corrected chi connectivity index (χ2v) is 5.15. The standard InChI is InChI=1S/C16H26N2O2/c1-13(15(17)14-9-5-4-6-10-14)16(20)18-11-7-2-3-8-12-19/h4-6,9-10,13,15,19H,2-3,7-8,11-12,17H2,1H3,(H,18,20). The molecule has 1 rings (SSSR count). The molecule has 0 saturated carbocycles. The molecule has 112 valence electrons. The van der Waals surface area contributed by atoms with Crippen molar-refractivity contribution in [2.24, 2.45) is 11.7 Å². The van der Waals surface area contributed by atoms with Crippen LogP contribution >= 0.6 is 0 Å². The number of aliphatic hydroxyl groups excluding tert-OH is 1. The highest BCUT2D eigenvalue weighted by molar-refractivity contribution is 5.79. The Morgan fingerprint density at radius 3 is 2.50 bits per heavy atom. The lowest BCUT2D eigenvalue weighted by molar-refractivity contribution is -0.125. The van der Waals surface area contributed by atoms with Crippen molar-refractivity contribution in [3.8, 4) is 0 Å². The van der Waals surface area contributed by atoms with Crippen LogP contribution in [0.1, 0.15) is 44.2 Å². The summed E-state index contributed by atoms with van der Waals surface area (Å²) in [5.74, 6) is -0.238. The number of nitrogens with one attached hydrogen (secondary N) is 1. The molecule has 0 heterocycles. The van der Waals surface area contributed by atoms with Crippen molar-refractivity contribution in [3.63, 3.8) is 0 Å². The van der Waals surface area contributed by atoms with E-state index in [0.717, 1.165) is 31.2 Å². The molecular formula is C16H26N2O2. The summed E-state index contributed by atoms with van der Waals surface area (Å²) >= 11 is 0. The molecule has 0 aliphatic rings. The molecule has 0 bridgehead atoms. The molecule has 0 spiro atoms. The minimum absolute atomic E-state index is 0.00325. The lowest BCUT2D eigenvalue weighted by Crippen LogP contribution is -2.36. The predicted octanol–water partition coefficient (Wildman–Crippen LogP) is 1.99. The summed E-state index contributed by atoms with van der Waals surface area (Å²) in [5.41, 5.74) is 7.11. The van der Waals surface area contributed by atoms with Gasteiger partial charge in [0, 0.05) is 19.2 Å². The smallest absolute Gasteiger partial charge is 0.224 e. The fraction of sp³-hybridized carbons (Fsp3) is 0.562. The van der Waals surface area contributed by atoms with E-state index in [1.807, 2.05) is 37.3 Å². The Balaban J connectivity index is 2.28. The van der Waals surface area contributed by atoms with E-state index in [9.17, 15) is 4.79 Å². The number of carbonyl (C=O) groups excluding carboxylic acids is 1. The van der Waals surface area contributed by atoms with Crippen LogP contribution < -0.4 is 11.1 Å². The average Bonchev–Trinajstić information content (AvgIpc) is 2.50. The van der Waals surface area contributed by atoms with Gasteiger partial charge in [0.1, 0.15) is 0 Å². The third-order valence-electron chi connectivity index (χ3n) is 3.52. The van der Waals surface area contributed by atoms with Crippen molar-refractivity contribution in [3.05, 3.63) is 35.9 Å². The number of hydrogen-bond acceptors (Lipinski definition) is 3. The van der Waals surface area contributed by atoms with Crippen molar-refractivity contribution in [1.29, 1.82) is 0 Å². The van der Waals surface area contributed by atoms with Crippen LogP contribution in [0.4, 0.5) is 0 Å². The summed E-state index contributed by atoms with van der Waals surface area (Å²) in [6.45, 7) is 2.78. The average molecular weight is 278 g/mol. The Kier molecular flexibility index (Phi) is 7.92. The first-order valence-electron chi connectivity index (χ1n) is 7.36. The van der Waals surface area contributed by atoms with Gasteiger partial charge in [-0.1, -0.05) is 50.1 Å². The summed E-state index contributed by atoms with van der Waals surface area (Å²) in [6, 6.07) is 9.42. The molecule has 1 aromatic rings. The summed E-state index contributed by atoms with van der Waals surface area (Å²) in [6.07, 6.45) is 3.81. The molecule has 0 aliphatic heterocycles. The molecule has 4 nitrogen and oxygen atoms in total. The Labute approximate surface area is 121 Å². The van der Waals surface area contributed by atoms with Gasteiger partial charge in [-0.2, -0.15) is 0 Å². The maximum atomic E-state index is 12.0. The van der Waals surface area contributed by atoms with E-state index in [-0.39, 0.29) is 24.5 Å². The second kappa shape index (κ2) is 9.50. The maximum absolute atomic E-state index is 12.0. The van der Waals surface area contributed by atoms with Crippen LogP contribution in [0.15, 0.2) is 30.3 Å². The first kappa shape index (κ1) is 16.7. The quantitative estimate of drug-likeness (QED) is 0.605. The first-order chi connectivity index (χ1) is 9.66. The fourth-order valence-electron chi connectivity index (χ4n) is 2.09. The van der Waals surface area contributed by atoms with Crippen LogP contribution in [0, 0.1) is 5.92 Å². The van der Waals surface area contributed by atoms with E-state index in [0.29, 0.717) is 6.54 Å². The van der Waals surface area contributed by atoms with Crippen molar-refractivity contribution < 1.29 is 9.90 Å². The molecule has 0 radical (unpaired) electrons. The highest BCUT2D eigenvalue weighted by Crippen LogP contribution is 2.18. The number of carbonyl (C=O) groups is 1. The molecule has 0 fully saturated rings. The number of hydrogen-bond donors (Lipinski definition) is 3. The predicted molar refractivity (Wildman–Crippen MR) is 81.1 cm³/mol. The topological polar surface area (TPSA) is 75.3 Å². The number of unbranched alkanes of at least 4 members (excludes halogenated alkanes) is 3. The number of nitrogens with two attached hydrogens (primary N) is 1. The van der Waals surface area contributed by atoms with Crippen LogP contribution in [0.5, 0.6) is 0 Å². The van der Waals surface area contributed by atoms with Gasteiger partial charge in [-0.05, 0) is 18.4 Å². The Bertz CT molecular complexity index is 381. The monoisotopic (exact) mass is 278 g/mol. The Hall–Kier alpha value is -1.39. The minimum Gasteiger partial charge on any atom is -0.396 e. The number of amides is 1. The van der Waals surface area contributed by atoms with Crippen LogP contribution in [-0.2, 0) is 4.79 Å². The molecule has 2 unspecified atom stereocenters. The van der Waals surface area contributed by atoms with Gasteiger partial charge in [0.25, 0.3) is 0 Å². The number of benzene rings is 1. The van der Waals surface area contributed by atoms with E-state index < -0.39 is 0 Å². The van der Waals surface area contributed by atoms with Crippen molar-refractivity contribution >= 4 is 5.91 Å². The number of rotatable bonds is 9. The molecule has 4 heteroatoms. The highest BCUT2D eigenvalue weighted by Gasteiger charge is 2.21. The molecule has 0 aliphatic carbocycles. The molecule has 1 amide bonds. The van der Waals surface area contributed by atoms with E-state index in [1.165, 1.54) is 0 Å². The van der Waals surface area contributed by atoms with Crippen LogP contribution in [-0.4, -0.2) is 24.2 Å². The zero-order valence-electron chi connectivity index (χ0n) is 12.2. The highest BCUT2D eigenvalue weighted by atomic mass is 16.2. The molecule has 2 atom stereocenters. The molecule has 20 heavy (non-hydrogen) atoms. The van der Waals surface area contributed by atoms with Crippen molar-refractivity contribution in [2.75, 3.05) is 13.2 Å². The maximum Gasteiger partial charge on any atom is 0.224 e. The van der Waals surface area contributed by atoms with Crippen molar-refractivity contribution in [2.45, 2.75) is 38.6 Å². The van der Waals surface area contributed by atoms with Gasteiger partial charge in [0.05, 0.1) is 5.92 Å². The third kappa shape index (κ3) is 5.72. The van der Waals surface area contributed by atoms with Gasteiger partial charge < -0.3 is 16.2 Å². The van der Waals surface area contributed by atoms with Gasteiger partial charge in [0.15, 0.2) is 0 Å². The SMILES string of the molecule is CC(C(=O)NCCCCCCO)C(N)c1ccccc1. The largest absolute Gasteiger partial charge is 0.396 e. The first-order valence-corrected chi connectivity index (χ1v) is 7.36. The molecule has 0 saturated heterocycles. The lowest BCUT2D eigenvalue weighted by Gasteiger charge is -2.19. The van der Waals surface area contributed by atoms with Gasteiger partial charge in [-0.3, -0.25) is 4.79 Å². The molecular weight excluding hydrogens is 252 g/mol. The van der Waals surface area contributed by atoms with Crippen molar-refractivity contribution in [1.82, 2.24) is 5.32 Å². The Morgan fingerprint density at radius 1 is 1.20 bits per heavy atom. The summed E-state index contributed by atoms with van der Waals surface area (Å²) < 4.78 is 0. The zero-order chi connectivity index (χ0) is 14.8. The molecule has 0 aromatic heterocycles. The van der Waals surface area contributed by atoms with Crippen LogP contribution in [0.2, 0.25) is 0 Å². The Morgan fingerprint density at radius 2 is 1.85 bits per heavy atom. The van der Waals surface area contributed by atoms with E-state index in [2.05, 4.69) is 5.32 Å². The minimum atomic E-state index is -0.273. The second-order valence-electron chi connectivity index (χ2n) is 5.15. The number of aliphatic hydroxyl groups is 1. The molecule has 4 N–H and O–H groups in total. The van der Waals surface area contributed by atoms with Crippen LogP contribution in [0.25, 0.3) is 0 Å². The fourth-order valence-corrected chi connectivity index (χ4v) is 2.09. The van der Waals surface area contributed by atoms with Gasteiger partial charge in [-0.15, -0.1) is 0 Å². The van der Waals surface area contributed by atoms with E-state index in [4.69, 9.17) is 10.8 Å². The summed E-state index contributed by atoms with van der Waals surface area (Å²) in [5, 5.41) is 11.6. The van der Waals surface area contributed by atoms with Gasteiger partial charge in [-0.25, -0.2) is 0 Å². The van der Waals surface area contributed by atoms with E-state index in [1.54, 1.807) is 0 Å². The van der Waals surface area contributed by atoms with Gasteiger partial charge >= 0.3 is 0 Å². The zero-order valence-corrected chi connectivity index (χ0v) is 12.2.